The van der Waals surface area contributed by atoms with E-state index >= 15 is 0 Å². The normalized spacial score (nSPS) is 23.4. The van der Waals surface area contributed by atoms with Gasteiger partial charge in [-0.15, -0.1) is 22.9 Å². The van der Waals surface area contributed by atoms with E-state index in [0.29, 0.717) is 32.4 Å². The topological polar surface area (TPSA) is 93.8 Å². The molecule has 1 amide bonds. The summed E-state index contributed by atoms with van der Waals surface area (Å²) < 4.78 is 0.707. The third-order valence-electron chi connectivity index (χ3n) is 5.14. The second kappa shape index (κ2) is 8.49. The molecule has 140 valence electrons. The fraction of sp³-hybridized carbons (Fsp3) is 0.722. The molecular formula is C18H29ClN4OS. The fourth-order valence-electron chi connectivity index (χ4n) is 3.63. The number of hydrogen-bond donors (Lipinski definition) is 2. The molecule has 2 heterocycles. The maximum absolute atomic E-state index is 11.6. The molecule has 5 nitrogen and oxygen atoms in total. The zero-order valence-electron chi connectivity index (χ0n) is 15.3. The van der Waals surface area contributed by atoms with Crippen LogP contribution in [0.4, 0.5) is 5.69 Å². The van der Waals surface area contributed by atoms with Gasteiger partial charge in [0.05, 0.1) is 17.3 Å². The molecule has 1 aliphatic heterocycles. The molecule has 0 aliphatic carbocycles. The summed E-state index contributed by atoms with van der Waals surface area (Å²) in [5.74, 6) is 0.428. The van der Waals surface area contributed by atoms with E-state index in [4.69, 9.17) is 33.1 Å². The van der Waals surface area contributed by atoms with Gasteiger partial charge in [0.15, 0.2) is 0 Å². The number of primary amides is 1. The SMILES string of the molecule is CCCCCC(CC)C1N=c2c(N)c(C(N)=O)sc2=NC1(C)CCCl. The van der Waals surface area contributed by atoms with Gasteiger partial charge in [-0.2, -0.15) is 0 Å². The third-order valence-corrected chi connectivity index (χ3v) is 6.43. The summed E-state index contributed by atoms with van der Waals surface area (Å²) in [7, 11) is 0. The van der Waals surface area contributed by atoms with Gasteiger partial charge in [0.2, 0.25) is 0 Å². The van der Waals surface area contributed by atoms with Crippen LogP contribution in [0.25, 0.3) is 0 Å². The van der Waals surface area contributed by atoms with Crippen molar-refractivity contribution < 1.29 is 4.79 Å². The predicted molar refractivity (Wildman–Crippen MR) is 105 cm³/mol. The number of rotatable bonds is 9. The molecule has 0 fully saturated rings. The number of hydrogen-bond acceptors (Lipinski definition) is 5. The molecule has 1 aromatic rings. The number of nitrogens with zero attached hydrogens (tertiary/aromatic N) is 2. The molecule has 7 heteroatoms. The van der Waals surface area contributed by atoms with Crippen LogP contribution in [0.2, 0.25) is 0 Å². The van der Waals surface area contributed by atoms with Crippen LogP contribution in [0.1, 0.15) is 69.0 Å². The zero-order valence-corrected chi connectivity index (χ0v) is 16.9. The van der Waals surface area contributed by atoms with Crippen LogP contribution in [-0.4, -0.2) is 23.4 Å². The number of anilines is 1. The number of halogens is 1. The maximum Gasteiger partial charge on any atom is 0.261 e. The molecule has 0 bridgehead atoms. The van der Waals surface area contributed by atoms with Gasteiger partial charge >= 0.3 is 0 Å². The van der Waals surface area contributed by atoms with Crippen LogP contribution in [0.5, 0.6) is 0 Å². The number of carbonyl (C=O) groups excluding carboxylic acids is 1. The Labute approximate surface area is 158 Å². The number of fused-ring (bicyclic) bond motifs is 1. The summed E-state index contributed by atoms with van der Waals surface area (Å²) in [5, 5.41) is 0.643. The van der Waals surface area contributed by atoms with Crippen molar-refractivity contribution in [3.8, 4) is 0 Å². The molecule has 1 aliphatic rings. The van der Waals surface area contributed by atoms with Gasteiger partial charge < -0.3 is 11.5 Å². The number of nitrogens with two attached hydrogens (primary N) is 2. The Kier molecular flexibility index (Phi) is 6.86. The van der Waals surface area contributed by atoms with Gasteiger partial charge in [0.25, 0.3) is 5.91 Å². The van der Waals surface area contributed by atoms with E-state index in [1.165, 1.54) is 30.6 Å². The standard InChI is InChI=1S/C18H29ClN4OS/c1-4-6-7-8-11(5-2)15-18(3,9-10-19)23-17-13(22-15)12(20)14(25-17)16(21)24/h11,15H,4-10,20H2,1-3H3,(H2,21,24). The highest BCUT2D eigenvalue weighted by molar-refractivity contribution is 7.12. The van der Waals surface area contributed by atoms with E-state index < -0.39 is 5.91 Å². The van der Waals surface area contributed by atoms with Gasteiger partial charge in [-0.1, -0.05) is 39.5 Å². The molecule has 1 aromatic heterocycles. The highest BCUT2D eigenvalue weighted by atomic mass is 35.5. The smallest absolute Gasteiger partial charge is 0.261 e. The molecule has 3 atom stereocenters. The average molecular weight is 385 g/mol. The molecule has 0 aromatic carbocycles. The van der Waals surface area contributed by atoms with Crippen molar-refractivity contribution in [2.24, 2.45) is 21.6 Å². The Morgan fingerprint density at radius 2 is 2.12 bits per heavy atom. The van der Waals surface area contributed by atoms with Gasteiger partial charge in [-0.25, -0.2) is 0 Å². The largest absolute Gasteiger partial charge is 0.396 e. The highest BCUT2D eigenvalue weighted by Crippen LogP contribution is 2.34. The first-order valence-electron chi connectivity index (χ1n) is 9.09. The van der Waals surface area contributed by atoms with E-state index in [2.05, 4.69) is 20.8 Å². The van der Waals surface area contributed by atoms with Crippen molar-refractivity contribution in [3.63, 3.8) is 0 Å². The second-order valence-corrected chi connectivity index (χ2v) is 8.39. The molecule has 4 N–H and O–H groups in total. The van der Waals surface area contributed by atoms with Crippen LogP contribution in [-0.2, 0) is 0 Å². The van der Waals surface area contributed by atoms with Crippen LogP contribution in [0.15, 0.2) is 9.98 Å². The van der Waals surface area contributed by atoms with Crippen molar-refractivity contribution in [2.75, 3.05) is 11.6 Å². The minimum Gasteiger partial charge on any atom is -0.396 e. The second-order valence-electron chi connectivity index (χ2n) is 7.01. The van der Waals surface area contributed by atoms with Gasteiger partial charge in [-0.05, 0) is 25.7 Å². The number of unbranched alkanes of at least 4 members (excludes halogenated alkanes) is 2. The fourth-order valence-corrected chi connectivity index (χ4v) is 5.03. The Balaban J connectivity index is 2.51. The molecule has 0 saturated carbocycles. The van der Waals surface area contributed by atoms with Crippen molar-refractivity contribution in [1.82, 2.24) is 0 Å². The summed E-state index contributed by atoms with van der Waals surface area (Å²) >= 11 is 7.32. The Bertz CT molecular complexity index is 732. The lowest BCUT2D eigenvalue weighted by atomic mass is 9.78. The monoisotopic (exact) mass is 384 g/mol. The first kappa shape index (κ1) is 20.2. The number of nitrogen functional groups attached to an aromatic ring is 1. The summed E-state index contributed by atoms with van der Waals surface area (Å²) in [6.07, 6.45) is 6.52. The van der Waals surface area contributed by atoms with Gasteiger partial charge in [0, 0.05) is 5.88 Å². The minimum absolute atomic E-state index is 0.0261. The summed E-state index contributed by atoms with van der Waals surface area (Å²) in [6, 6.07) is 0.0261. The Morgan fingerprint density at radius 1 is 1.40 bits per heavy atom. The first-order chi connectivity index (χ1) is 11.9. The number of carbonyl (C=O) groups is 1. The van der Waals surface area contributed by atoms with Crippen LogP contribution >= 0.6 is 22.9 Å². The Morgan fingerprint density at radius 3 is 2.68 bits per heavy atom. The molecule has 3 unspecified atom stereocenters. The molecule has 2 rings (SSSR count). The minimum atomic E-state index is -0.520. The number of amides is 1. The molecule has 0 saturated heterocycles. The Hall–Kier alpha value is -1.14. The van der Waals surface area contributed by atoms with E-state index in [1.54, 1.807) is 0 Å². The predicted octanol–water partition coefficient (Wildman–Crippen LogP) is 3.04. The lowest BCUT2D eigenvalue weighted by Gasteiger charge is -2.37. The van der Waals surface area contributed by atoms with Gasteiger partial charge in [0.1, 0.15) is 14.9 Å². The number of alkyl halides is 1. The molecule has 25 heavy (non-hydrogen) atoms. The van der Waals surface area contributed by atoms with E-state index in [0.717, 1.165) is 19.3 Å². The maximum atomic E-state index is 11.6. The van der Waals surface area contributed by atoms with Crippen LogP contribution in [0, 0.1) is 5.92 Å². The molecule has 0 radical (unpaired) electrons. The zero-order chi connectivity index (χ0) is 18.6. The quantitative estimate of drug-likeness (QED) is 0.505. The third kappa shape index (κ3) is 4.17. The van der Waals surface area contributed by atoms with Crippen molar-refractivity contribution in [2.45, 2.75) is 70.9 Å². The lowest BCUT2D eigenvalue weighted by Crippen LogP contribution is -2.49. The lowest BCUT2D eigenvalue weighted by molar-refractivity contribution is 0.100. The van der Waals surface area contributed by atoms with Crippen molar-refractivity contribution >= 4 is 34.5 Å². The highest BCUT2D eigenvalue weighted by Gasteiger charge is 2.40. The van der Waals surface area contributed by atoms with E-state index in [-0.39, 0.29) is 11.6 Å². The van der Waals surface area contributed by atoms with Crippen molar-refractivity contribution in [1.29, 1.82) is 0 Å². The van der Waals surface area contributed by atoms with Crippen LogP contribution in [0.3, 0.4) is 0 Å². The summed E-state index contributed by atoms with van der Waals surface area (Å²) in [6.45, 7) is 6.53. The number of thiophene rings is 1. The molecule has 0 spiro atoms. The van der Waals surface area contributed by atoms with Crippen LogP contribution < -0.4 is 21.5 Å². The summed E-state index contributed by atoms with van der Waals surface area (Å²) in [5.41, 5.74) is 11.6. The molecular weight excluding hydrogens is 356 g/mol. The average Bonchev–Trinajstić information content (AvgIpc) is 2.87. The first-order valence-corrected chi connectivity index (χ1v) is 10.4. The summed E-state index contributed by atoms with van der Waals surface area (Å²) in [4.78, 5) is 21.9. The van der Waals surface area contributed by atoms with E-state index in [1.807, 2.05) is 0 Å². The van der Waals surface area contributed by atoms with Crippen molar-refractivity contribution in [3.05, 3.63) is 14.9 Å². The van der Waals surface area contributed by atoms with E-state index in [9.17, 15) is 4.79 Å². The van der Waals surface area contributed by atoms with Gasteiger partial charge in [-0.3, -0.25) is 14.8 Å².